The van der Waals surface area contributed by atoms with Crippen LogP contribution in [0.3, 0.4) is 0 Å². The van der Waals surface area contributed by atoms with Crippen LogP contribution in [0.25, 0.3) is 0 Å². The number of carbonyl (C=O) groups is 1. The molecule has 1 amide bonds. The van der Waals surface area contributed by atoms with Crippen LogP contribution in [-0.4, -0.2) is 49.7 Å². The van der Waals surface area contributed by atoms with Crippen LogP contribution < -0.4 is 5.32 Å². The quantitative estimate of drug-likeness (QED) is 0.735. The Bertz CT molecular complexity index is 227. The number of hydrogen-bond acceptors (Lipinski definition) is 3. The fourth-order valence-electron chi connectivity index (χ4n) is 2.42. The van der Waals surface area contributed by atoms with E-state index in [9.17, 15) is 4.79 Å². The van der Waals surface area contributed by atoms with Gasteiger partial charge in [0.05, 0.1) is 12.1 Å². The Labute approximate surface area is 91.0 Å². The van der Waals surface area contributed by atoms with E-state index in [0.29, 0.717) is 0 Å². The van der Waals surface area contributed by atoms with Crippen molar-refractivity contribution in [1.29, 1.82) is 0 Å². The number of ether oxygens (including phenoxy) is 1. The third-order valence-corrected chi connectivity index (χ3v) is 3.33. The number of likely N-dealkylation sites (N-methyl/N-ethyl adjacent to an activating group) is 1. The smallest absolute Gasteiger partial charge is 0.239 e. The average Bonchev–Trinajstić information content (AvgIpc) is 2.74. The van der Waals surface area contributed by atoms with Gasteiger partial charge in [-0.15, -0.1) is 0 Å². The van der Waals surface area contributed by atoms with Crippen molar-refractivity contribution < 1.29 is 9.53 Å². The van der Waals surface area contributed by atoms with Gasteiger partial charge in [-0.2, -0.15) is 0 Å². The van der Waals surface area contributed by atoms with E-state index < -0.39 is 0 Å². The van der Waals surface area contributed by atoms with Gasteiger partial charge in [0.15, 0.2) is 0 Å². The number of amides is 1. The Hall–Kier alpha value is -0.610. The fourth-order valence-corrected chi connectivity index (χ4v) is 2.42. The van der Waals surface area contributed by atoms with Gasteiger partial charge in [0.2, 0.25) is 5.91 Å². The maximum absolute atomic E-state index is 12.0. The van der Waals surface area contributed by atoms with E-state index in [1.165, 1.54) is 0 Å². The van der Waals surface area contributed by atoms with Gasteiger partial charge in [-0.1, -0.05) is 0 Å². The van der Waals surface area contributed by atoms with Crippen molar-refractivity contribution in [2.24, 2.45) is 0 Å². The molecule has 2 fully saturated rings. The zero-order valence-electron chi connectivity index (χ0n) is 9.37. The summed E-state index contributed by atoms with van der Waals surface area (Å²) in [6.07, 6.45) is 4.60. The van der Waals surface area contributed by atoms with E-state index in [2.05, 4.69) is 5.32 Å². The Morgan fingerprint density at radius 2 is 2.33 bits per heavy atom. The largest absolute Gasteiger partial charge is 0.376 e. The Balaban J connectivity index is 1.87. The van der Waals surface area contributed by atoms with Crippen LogP contribution in [0.4, 0.5) is 0 Å². The molecule has 2 heterocycles. The van der Waals surface area contributed by atoms with Crippen molar-refractivity contribution in [3.05, 3.63) is 0 Å². The molecule has 1 N–H and O–H groups in total. The van der Waals surface area contributed by atoms with Crippen molar-refractivity contribution in [1.82, 2.24) is 10.2 Å². The summed E-state index contributed by atoms with van der Waals surface area (Å²) in [5, 5.41) is 3.08. The van der Waals surface area contributed by atoms with Crippen LogP contribution in [0.1, 0.15) is 25.7 Å². The minimum Gasteiger partial charge on any atom is -0.376 e. The molecule has 2 aliphatic heterocycles. The predicted molar refractivity (Wildman–Crippen MR) is 57.6 cm³/mol. The highest BCUT2D eigenvalue weighted by Gasteiger charge is 2.29. The first kappa shape index (κ1) is 10.9. The Morgan fingerprint density at radius 3 is 3.00 bits per heavy atom. The second-order valence-electron chi connectivity index (χ2n) is 4.40. The number of rotatable bonds is 3. The second kappa shape index (κ2) is 4.94. The first-order chi connectivity index (χ1) is 7.31. The lowest BCUT2D eigenvalue weighted by Crippen LogP contribution is -2.51. The number of nitrogens with zero attached hydrogens (tertiary/aromatic N) is 1. The van der Waals surface area contributed by atoms with Crippen molar-refractivity contribution >= 4 is 5.91 Å². The molecule has 2 rings (SSSR count). The molecule has 0 bridgehead atoms. The maximum Gasteiger partial charge on any atom is 0.239 e. The molecule has 4 heteroatoms. The van der Waals surface area contributed by atoms with E-state index in [0.717, 1.165) is 45.4 Å². The van der Waals surface area contributed by atoms with Gasteiger partial charge >= 0.3 is 0 Å². The molecule has 15 heavy (non-hydrogen) atoms. The third kappa shape index (κ3) is 2.49. The summed E-state index contributed by atoms with van der Waals surface area (Å²) >= 11 is 0. The Morgan fingerprint density at radius 1 is 1.47 bits per heavy atom. The molecular formula is C11H20N2O2. The van der Waals surface area contributed by atoms with Crippen molar-refractivity contribution in [3.8, 4) is 0 Å². The van der Waals surface area contributed by atoms with Gasteiger partial charge in [0, 0.05) is 19.7 Å². The molecule has 4 nitrogen and oxygen atoms in total. The zero-order chi connectivity index (χ0) is 10.7. The molecule has 0 aromatic rings. The van der Waals surface area contributed by atoms with E-state index in [-0.39, 0.29) is 18.1 Å². The molecule has 2 unspecified atom stereocenters. The van der Waals surface area contributed by atoms with E-state index in [1.54, 1.807) is 0 Å². The first-order valence-electron chi connectivity index (χ1n) is 5.89. The number of nitrogens with one attached hydrogen (secondary N) is 1. The number of likely N-dealkylation sites (tertiary alicyclic amines) is 1. The molecule has 0 spiro atoms. The van der Waals surface area contributed by atoms with Gasteiger partial charge in [0.1, 0.15) is 0 Å². The third-order valence-electron chi connectivity index (χ3n) is 3.33. The summed E-state index contributed by atoms with van der Waals surface area (Å²) in [4.78, 5) is 13.9. The van der Waals surface area contributed by atoms with E-state index in [4.69, 9.17) is 4.74 Å². The highest BCUT2D eigenvalue weighted by Crippen LogP contribution is 2.17. The normalized spacial score (nSPS) is 32.3. The molecule has 86 valence electrons. The molecule has 0 radical (unpaired) electrons. The van der Waals surface area contributed by atoms with Crippen LogP contribution in [-0.2, 0) is 9.53 Å². The topological polar surface area (TPSA) is 41.6 Å². The van der Waals surface area contributed by atoms with Crippen molar-refractivity contribution in [2.75, 3.05) is 26.7 Å². The fraction of sp³-hybridized carbons (Fsp3) is 0.909. The molecule has 2 saturated heterocycles. The van der Waals surface area contributed by atoms with Gasteiger partial charge in [-0.25, -0.2) is 0 Å². The standard InChI is InChI=1S/C11H20N2O2/c1-12-10-5-2-6-13(11(10)14)8-9-4-3-7-15-9/h9-10,12H,2-8H2,1H3. The zero-order valence-corrected chi connectivity index (χ0v) is 9.37. The highest BCUT2D eigenvalue weighted by atomic mass is 16.5. The molecule has 2 atom stereocenters. The Kier molecular flexibility index (Phi) is 3.59. The SMILES string of the molecule is CNC1CCCN(CC2CCCO2)C1=O. The highest BCUT2D eigenvalue weighted by molar-refractivity contribution is 5.82. The number of carbonyl (C=O) groups excluding carboxylic acids is 1. The van der Waals surface area contributed by atoms with Crippen LogP contribution in [0.5, 0.6) is 0 Å². The lowest BCUT2D eigenvalue weighted by Gasteiger charge is -2.33. The van der Waals surface area contributed by atoms with Gasteiger partial charge < -0.3 is 15.0 Å². The molecule has 0 aromatic carbocycles. The van der Waals surface area contributed by atoms with Crippen LogP contribution >= 0.6 is 0 Å². The van der Waals surface area contributed by atoms with Crippen molar-refractivity contribution in [3.63, 3.8) is 0 Å². The summed E-state index contributed by atoms with van der Waals surface area (Å²) in [5.41, 5.74) is 0. The molecular weight excluding hydrogens is 192 g/mol. The predicted octanol–water partition coefficient (Wildman–Crippen LogP) is 0.376. The maximum atomic E-state index is 12.0. The van der Waals surface area contributed by atoms with E-state index in [1.807, 2.05) is 11.9 Å². The summed E-state index contributed by atoms with van der Waals surface area (Å²) in [7, 11) is 1.86. The van der Waals surface area contributed by atoms with Gasteiger partial charge in [-0.05, 0) is 32.7 Å². The molecule has 2 aliphatic rings. The van der Waals surface area contributed by atoms with Crippen LogP contribution in [0, 0.1) is 0 Å². The minimum absolute atomic E-state index is 0.0279. The van der Waals surface area contributed by atoms with Gasteiger partial charge in [0.25, 0.3) is 0 Å². The van der Waals surface area contributed by atoms with Crippen molar-refractivity contribution in [2.45, 2.75) is 37.8 Å². The second-order valence-corrected chi connectivity index (χ2v) is 4.40. The molecule has 0 aliphatic carbocycles. The first-order valence-corrected chi connectivity index (χ1v) is 5.89. The minimum atomic E-state index is 0.0279. The summed E-state index contributed by atoms with van der Waals surface area (Å²) in [5.74, 6) is 0.249. The van der Waals surface area contributed by atoms with Crippen LogP contribution in [0.15, 0.2) is 0 Å². The van der Waals surface area contributed by atoms with E-state index >= 15 is 0 Å². The number of hydrogen-bond donors (Lipinski definition) is 1. The molecule has 0 aromatic heterocycles. The van der Waals surface area contributed by atoms with Crippen LogP contribution in [0.2, 0.25) is 0 Å². The lowest BCUT2D eigenvalue weighted by molar-refractivity contribution is -0.137. The number of piperidine rings is 1. The van der Waals surface area contributed by atoms with Gasteiger partial charge in [-0.3, -0.25) is 4.79 Å². The molecule has 0 saturated carbocycles. The monoisotopic (exact) mass is 212 g/mol. The summed E-state index contributed by atoms with van der Waals surface area (Å²) in [6, 6.07) is 0.0279. The average molecular weight is 212 g/mol. The summed E-state index contributed by atoms with van der Waals surface area (Å²) < 4.78 is 5.56. The summed E-state index contributed by atoms with van der Waals surface area (Å²) in [6.45, 7) is 2.55. The lowest BCUT2D eigenvalue weighted by atomic mass is 10.0.